The van der Waals surface area contributed by atoms with Crippen LogP contribution in [0.15, 0.2) is 30.5 Å². The average molecular weight is 227 g/mol. The van der Waals surface area contributed by atoms with Crippen molar-refractivity contribution in [3.63, 3.8) is 0 Å². The number of allylic oxidation sites excluding steroid dienone is 2. The van der Waals surface area contributed by atoms with Crippen molar-refractivity contribution < 1.29 is 0 Å². The predicted molar refractivity (Wildman–Crippen MR) is 71.0 cm³/mol. The van der Waals surface area contributed by atoms with Gasteiger partial charge in [-0.15, -0.1) is 0 Å². The van der Waals surface area contributed by atoms with Gasteiger partial charge >= 0.3 is 0 Å². The molecule has 3 aliphatic carbocycles. The van der Waals surface area contributed by atoms with E-state index in [1.54, 1.807) is 0 Å². The number of nitrogens with zero attached hydrogens (tertiary/aromatic N) is 1. The highest BCUT2D eigenvalue weighted by molar-refractivity contribution is 5.45. The third kappa shape index (κ3) is 1.55. The molecule has 3 aliphatic rings. The van der Waals surface area contributed by atoms with Crippen molar-refractivity contribution in [2.75, 3.05) is 0 Å². The number of hydrogen-bond donors (Lipinski definition) is 0. The summed E-state index contributed by atoms with van der Waals surface area (Å²) in [6.07, 6.45) is 9.37. The summed E-state index contributed by atoms with van der Waals surface area (Å²) in [5.41, 5.74) is 3.03. The molecular weight excluding hydrogens is 206 g/mol. The fraction of sp³-hybridized carbons (Fsp3) is 0.562. The molecule has 0 amide bonds. The Labute approximate surface area is 104 Å². The molecule has 2 bridgehead atoms. The minimum absolute atomic E-state index is 0.225. The Bertz CT molecular complexity index is 460. The summed E-state index contributed by atoms with van der Waals surface area (Å²) in [5.74, 6) is 2.13. The quantitative estimate of drug-likeness (QED) is 0.694. The van der Waals surface area contributed by atoms with Crippen LogP contribution < -0.4 is 0 Å². The second kappa shape index (κ2) is 3.69. The van der Waals surface area contributed by atoms with E-state index >= 15 is 0 Å². The van der Waals surface area contributed by atoms with Crippen LogP contribution in [-0.2, 0) is 5.41 Å². The molecule has 3 atom stereocenters. The molecule has 4 rings (SSSR count). The molecule has 1 heteroatoms. The van der Waals surface area contributed by atoms with Crippen molar-refractivity contribution in [3.8, 4) is 0 Å². The van der Waals surface area contributed by atoms with Crippen LogP contribution >= 0.6 is 0 Å². The van der Waals surface area contributed by atoms with Gasteiger partial charge in [-0.25, -0.2) is 0 Å². The highest BCUT2D eigenvalue weighted by atomic mass is 14.7. The number of hydrogen-bond acceptors (Lipinski definition) is 1. The largest absolute Gasteiger partial charge is 0.260 e. The van der Waals surface area contributed by atoms with Crippen LogP contribution in [0.2, 0.25) is 0 Å². The normalized spacial score (nSPS) is 34.1. The molecule has 0 fully saturated rings. The molecule has 0 saturated carbocycles. The minimum atomic E-state index is 0.225. The number of fused-ring (bicyclic) bond motifs is 1. The van der Waals surface area contributed by atoms with Gasteiger partial charge in [0, 0.05) is 17.5 Å². The summed E-state index contributed by atoms with van der Waals surface area (Å²) in [6.45, 7) is 7.06. The molecule has 1 heterocycles. The highest BCUT2D eigenvalue weighted by Gasteiger charge is 2.45. The standard InChI is InChI=1S/C16H21N/c1-11(2)9-13-10-12-6-7-16(13,3)14-5-4-8-17-15(12)14/h4-8,11-13H,9-10H2,1-3H3. The zero-order valence-corrected chi connectivity index (χ0v) is 11.0. The first-order valence-electron chi connectivity index (χ1n) is 6.76. The molecule has 0 radical (unpaired) electrons. The van der Waals surface area contributed by atoms with Gasteiger partial charge in [0.1, 0.15) is 0 Å². The molecule has 0 aliphatic heterocycles. The molecule has 0 aromatic carbocycles. The van der Waals surface area contributed by atoms with Crippen LogP contribution in [0, 0.1) is 11.8 Å². The van der Waals surface area contributed by atoms with E-state index < -0.39 is 0 Å². The van der Waals surface area contributed by atoms with Crippen molar-refractivity contribution in [2.45, 2.75) is 44.9 Å². The topological polar surface area (TPSA) is 12.9 Å². The van der Waals surface area contributed by atoms with Crippen LogP contribution in [0.1, 0.15) is 50.8 Å². The molecule has 1 aromatic rings. The van der Waals surface area contributed by atoms with E-state index in [0.717, 1.165) is 11.8 Å². The van der Waals surface area contributed by atoms with Gasteiger partial charge in [-0.1, -0.05) is 39.0 Å². The minimum Gasteiger partial charge on any atom is -0.260 e. The van der Waals surface area contributed by atoms with Crippen LogP contribution in [0.25, 0.3) is 0 Å². The summed E-state index contributed by atoms with van der Waals surface area (Å²) < 4.78 is 0. The second-order valence-corrected chi connectivity index (χ2v) is 6.25. The number of aromatic nitrogens is 1. The van der Waals surface area contributed by atoms with Crippen molar-refractivity contribution in [1.29, 1.82) is 0 Å². The third-order valence-electron chi connectivity index (χ3n) is 4.59. The molecule has 90 valence electrons. The molecule has 0 spiro atoms. The Hall–Kier alpha value is -1.11. The molecule has 3 unspecified atom stereocenters. The summed E-state index contributed by atoms with van der Waals surface area (Å²) >= 11 is 0. The number of pyridine rings is 1. The molecular formula is C16H21N. The van der Waals surface area contributed by atoms with Gasteiger partial charge in [-0.3, -0.25) is 4.98 Å². The van der Waals surface area contributed by atoms with Crippen LogP contribution in [-0.4, -0.2) is 4.98 Å². The van der Waals surface area contributed by atoms with E-state index in [0.29, 0.717) is 5.92 Å². The van der Waals surface area contributed by atoms with E-state index in [9.17, 15) is 0 Å². The molecule has 0 saturated heterocycles. The van der Waals surface area contributed by atoms with E-state index in [1.807, 2.05) is 6.20 Å². The fourth-order valence-electron chi connectivity index (χ4n) is 3.67. The van der Waals surface area contributed by atoms with Gasteiger partial charge in [-0.2, -0.15) is 0 Å². The van der Waals surface area contributed by atoms with Gasteiger partial charge in [0.25, 0.3) is 0 Å². The third-order valence-corrected chi connectivity index (χ3v) is 4.59. The summed E-state index contributed by atoms with van der Waals surface area (Å²) in [7, 11) is 0. The summed E-state index contributed by atoms with van der Waals surface area (Å²) in [4.78, 5) is 4.61. The summed E-state index contributed by atoms with van der Waals surface area (Å²) in [6, 6.07) is 4.37. The Morgan fingerprint density at radius 2 is 2.29 bits per heavy atom. The predicted octanol–water partition coefficient (Wildman–Crippen LogP) is 4.06. The SMILES string of the molecule is CC(C)CC1CC2C=CC1(C)c1cccnc12. The lowest BCUT2D eigenvalue weighted by atomic mass is 9.57. The molecule has 1 nitrogen and oxygen atoms in total. The van der Waals surface area contributed by atoms with Gasteiger partial charge < -0.3 is 0 Å². The molecule has 17 heavy (non-hydrogen) atoms. The smallest absolute Gasteiger partial charge is 0.0513 e. The monoisotopic (exact) mass is 227 g/mol. The second-order valence-electron chi connectivity index (χ2n) is 6.25. The average Bonchev–Trinajstić information content (AvgIpc) is 2.31. The maximum Gasteiger partial charge on any atom is 0.0513 e. The van der Waals surface area contributed by atoms with Gasteiger partial charge in [0.2, 0.25) is 0 Å². The first kappa shape index (κ1) is 11.0. The van der Waals surface area contributed by atoms with Crippen LogP contribution in [0.3, 0.4) is 0 Å². The van der Waals surface area contributed by atoms with Crippen LogP contribution in [0.4, 0.5) is 0 Å². The van der Waals surface area contributed by atoms with Crippen molar-refractivity contribution in [2.24, 2.45) is 11.8 Å². The summed E-state index contributed by atoms with van der Waals surface area (Å²) in [5, 5.41) is 0. The number of rotatable bonds is 2. The van der Waals surface area contributed by atoms with Crippen molar-refractivity contribution in [3.05, 3.63) is 41.7 Å². The van der Waals surface area contributed by atoms with Crippen LogP contribution in [0.5, 0.6) is 0 Å². The zero-order chi connectivity index (χ0) is 12.0. The Kier molecular flexibility index (Phi) is 2.39. The van der Waals surface area contributed by atoms with Gasteiger partial charge in [0.15, 0.2) is 0 Å². The Morgan fingerprint density at radius 3 is 3.06 bits per heavy atom. The Morgan fingerprint density at radius 1 is 1.47 bits per heavy atom. The lowest BCUT2D eigenvalue weighted by Crippen LogP contribution is -2.41. The van der Waals surface area contributed by atoms with E-state index in [-0.39, 0.29) is 5.41 Å². The van der Waals surface area contributed by atoms with E-state index in [1.165, 1.54) is 24.1 Å². The lowest BCUT2D eigenvalue weighted by molar-refractivity contribution is 0.235. The molecule has 0 N–H and O–H groups in total. The maximum absolute atomic E-state index is 4.61. The Balaban J connectivity index is 2.06. The van der Waals surface area contributed by atoms with Gasteiger partial charge in [-0.05, 0) is 36.3 Å². The van der Waals surface area contributed by atoms with E-state index in [4.69, 9.17) is 0 Å². The van der Waals surface area contributed by atoms with Crippen molar-refractivity contribution in [1.82, 2.24) is 4.98 Å². The van der Waals surface area contributed by atoms with Gasteiger partial charge in [0.05, 0.1) is 5.69 Å². The molecule has 1 aromatic heterocycles. The van der Waals surface area contributed by atoms with E-state index in [2.05, 4.69) is 50.0 Å². The first-order chi connectivity index (χ1) is 8.11. The highest BCUT2D eigenvalue weighted by Crippen LogP contribution is 2.53. The zero-order valence-electron chi connectivity index (χ0n) is 11.0. The fourth-order valence-corrected chi connectivity index (χ4v) is 3.67. The van der Waals surface area contributed by atoms with Crippen molar-refractivity contribution >= 4 is 0 Å². The lowest BCUT2D eigenvalue weighted by Gasteiger charge is -2.47. The first-order valence-corrected chi connectivity index (χ1v) is 6.76. The maximum atomic E-state index is 4.61.